The summed E-state index contributed by atoms with van der Waals surface area (Å²) in [5.74, 6) is 6.16. The number of benzene rings is 1. The number of aliphatic hydroxyl groups excluding tert-OH is 1. The van der Waals surface area contributed by atoms with Crippen molar-refractivity contribution in [2.75, 3.05) is 19.7 Å². The summed E-state index contributed by atoms with van der Waals surface area (Å²) in [6.45, 7) is 7.19. The molecule has 2 atom stereocenters. The summed E-state index contributed by atoms with van der Waals surface area (Å²) in [6, 6.07) is 8.25. The van der Waals surface area contributed by atoms with E-state index >= 15 is 0 Å². The van der Waals surface area contributed by atoms with Crippen molar-refractivity contribution in [3.05, 3.63) is 35.4 Å². The van der Waals surface area contributed by atoms with Crippen molar-refractivity contribution in [1.29, 1.82) is 0 Å². The Morgan fingerprint density at radius 1 is 1.25 bits per heavy atom. The van der Waals surface area contributed by atoms with Gasteiger partial charge in [0.1, 0.15) is 0 Å². The monoisotopic (exact) mass is 273 g/mol. The van der Waals surface area contributed by atoms with Gasteiger partial charge in [-0.25, -0.2) is 0 Å². The number of ether oxygens (including phenoxy) is 1. The third kappa shape index (κ3) is 4.35. The third-order valence-corrected chi connectivity index (χ3v) is 3.37. The molecule has 1 saturated heterocycles. The van der Waals surface area contributed by atoms with Gasteiger partial charge >= 0.3 is 0 Å². The fourth-order valence-corrected chi connectivity index (χ4v) is 2.65. The summed E-state index contributed by atoms with van der Waals surface area (Å²) in [6.07, 6.45) is 1.10. The molecule has 1 aromatic carbocycles. The molecule has 0 spiro atoms. The SMILES string of the molecule is CC1CN(Cc2ccccc2C#CCCO)CC(C)O1. The van der Waals surface area contributed by atoms with Crippen LogP contribution in [0.25, 0.3) is 0 Å². The maximum Gasteiger partial charge on any atom is 0.0678 e. The lowest BCUT2D eigenvalue weighted by atomic mass is 10.1. The van der Waals surface area contributed by atoms with Gasteiger partial charge in [-0.05, 0) is 25.5 Å². The smallest absolute Gasteiger partial charge is 0.0678 e. The van der Waals surface area contributed by atoms with Gasteiger partial charge in [0.25, 0.3) is 0 Å². The highest BCUT2D eigenvalue weighted by molar-refractivity contribution is 5.41. The second-order valence-electron chi connectivity index (χ2n) is 5.38. The average Bonchev–Trinajstić information content (AvgIpc) is 2.40. The predicted octanol–water partition coefficient (Wildman–Crippen LogP) is 2.03. The van der Waals surface area contributed by atoms with Crippen molar-refractivity contribution < 1.29 is 9.84 Å². The standard InChI is InChI=1S/C17H23NO2/c1-14-11-18(12-15(2)20-14)13-17-9-4-3-7-16(17)8-5-6-10-19/h3-4,7,9,14-15,19H,6,10-13H2,1-2H3. The minimum Gasteiger partial charge on any atom is -0.395 e. The first-order valence-electron chi connectivity index (χ1n) is 7.24. The molecule has 108 valence electrons. The molecule has 2 unspecified atom stereocenters. The second kappa shape index (κ2) is 7.44. The van der Waals surface area contributed by atoms with Gasteiger partial charge in [-0.1, -0.05) is 30.0 Å². The maximum atomic E-state index is 8.81. The van der Waals surface area contributed by atoms with Crippen LogP contribution in [0.2, 0.25) is 0 Å². The van der Waals surface area contributed by atoms with Crippen LogP contribution >= 0.6 is 0 Å². The van der Waals surface area contributed by atoms with Crippen LogP contribution in [0, 0.1) is 11.8 Å². The fraction of sp³-hybridized carbons (Fsp3) is 0.529. The van der Waals surface area contributed by atoms with Gasteiger partial charge in [0.15, 0.2) is 0 Å². The van der Waals surface area contributed by atoms with Crippen molar-refractivity contribution in [2.45, 2.75) is 39.0 Å². The first kappa shape index (κ1) is 15.1. The van der Waals surface area contributed by atoms with Crippen LogP contribution in [0.5, 0.6) is 0 Å². The first-order chi connectivity index (χ1) is 9.69. The molecule has 1 heterocycles. The Labute approximate surface area is 121 Å². The van der Waals surface area contributed by atoms with Gasteiger partial charge in [-0.2, -0.15) is 0 Å². The summed E-state index contributed by atoms with van der Waals surface area (Å²) in [4.78, 5) is 2.42. The molecular weight excluding hydrogens is 250 g/mol. The third-order valence-electron chi connectivity index (χ3n) is 3.37. The van der Waals surface area contributed by atoms with E-state index in [9.17, 15) is 0 Å². The molecular formula is C17H23NO2. The molecule has 3 heteroatoms. The number of aliphatic hydroxyl groups is 1. The van der Waals surface area contributed by atoms with E-state index in [0.29, 0.717) is 6.42 Å². The minimum atomic E-state index is 0.119. The Morgan fingerprint density at radius 3 is 2.65 bits per heavy atom. The number of hydrogen-bond acceptors (Lipinski definition) is 3. The molecule has 1 aliphatic rings. The second-order valence-corrected chi connectivity index (χ2v) is 5.38. The van der Waals surface area contributed by atoms with Crippen LogP contribution in [0.4, 0.5) is 0 Å². The van der Waals surface area contributed by atoms with Crippen LogP contribution in [0.15, 0.2) is 24.3 Å². The highest BCUT2D eigenvalue weighted by atomic mass is 16.5. The Morgan fingerprint density at radius 2 is 1.95 bits per heavy atom. The van der Waals surface area contributed by atoms with Crippen LogP contribution < -0.4 is 0 Å². The lowest BCUT2D eigenvalue weighted by Gasteiger charge is -2.35. The zero-order chi connectivity index (χ0) is 14.4. The van der Waals surface area contributed by atoms with E-state index in [4.69, 9.17) is 9.84 Å². The van der Waals surface area contributed by atoms with Gasteiger partial charge in [-0.3, -0.25) is 4.90 Å². The van der Waals surface area contributed by atoms with Crippen molar-refractivity contribution in [1.82, 2.24) is 4.90 Å². The molecule has 0 aromatic heterocycles. The Balaban J connectivity index is 2.07. The molecule has 0 bridgehead atoms. The molecule has 3 nitrogen and oxygen atoms in total. The summed E-state index contributed by atoms with van der Waals surface area (Å²) in [5.41, 5.74) is 2.31. The predicted molar refractivity (Wildman–Crippen MR) is 80.3 cm³/mol. The normalized spacial score (nSPS) is 23.1. The fourth-order valence-electron chi connectivity index (χ4n) is 2.65. The number of rotatable bonds is 3. The maximum absolute atomic E-state index is 8.81. The van der Waals surface area contributed by atoms with Crippen molar-refractivity contribution >= 4 is 0 Å². The molecule has 2 rings (SSSR count). The van der Waals surface area contributed by atoms with Crippen LogP contribution in [-0.4, -0.2) is 41.9 Å². The van der Waals surface area contributed by atoms with E-state index < -0.39 is 0 Å². The van der Waals surface area contributed by atoms with E-state index in [0.717, 1.165) is 25.2 Å². The quantitative estimate of drug-likeness (QED) is 0.855. The molecule has 1 fully saturated rings. The molecule has 1 aliphatic heterocycles. The lowest BCUT2D eigenvalue weighted by Crippen LogP contribution is -2.44. The van der Waals surface area contributed by atoms with E-state index in [1.807, 2.05) is 12.1 Å². The van der Waals surface area contributed by atoms with Gasteiger partial charge in [0.05, 0.1) is 18.8 Å². The Hall–Kier alpha value is -1.34. The lowest BCUT2D eigenvalue weighted by molar-refractivity contribution is -0.0705. The molecule has 20 heavy (non-hydrogen) atoms. The van der Waals surface area contributed by atoms with Crippen LogP contribution in [-0.2, 0) is 11.3 Å². The molecule has 1 N–H and O–H groups in total. The zero-order valence-corrected chi connectivity index (χ0v) is 12.3. The number of nitrogens with zero attached hydrogens (tertiary/aromatic N) is 1. The first-order valence-corrected chi connectivity index (χ1v) is 7.24. The molecule has 0 aliphatic carbocycles. The summed E-state index contributed by atoms with van der Waals surface area (Å²) < 4.78 is 5.77. The average molecular weight is 273 g/mol. The van der Waals surface area contributed by atoms with Gasteiger partial charge in [0.2, 0.25) is 0 Å². The van der Waals surface area contributed by atoms with Gasteiger partial charge in [-0.15, -0.1) is 0 Å². The van der Waals surface area contributed by atoms with E-state index in [1.165, 1.54) is 5.56 Å². The summed E-state index contributed by atoms with van der Waals surface area (Å²) in [5, 5.41) is 8.81. The van der Waals surface area contributed by atoms with Gasteiger partial charge in [0, 0.05) is 31.6 Å². The summed E-state index contributed by atoms with van der Waals surface area (Å²) >= 11 is 0. The molecule has 0 saturated carbocycles. The van der Waals surface area contributed by atoms with Crippen molar-refractivity contribution in [3.8, 4) is 11.8 Å². The zero-order valence-electron chi connectivity index (χ0n) is 12.3. The van der Waals surface area contributed by atoms with E-state index in [1.54, 1.807) is 0 Å². The number of hydrogen-bond donors (Lipinski definition) is 1. The topological polar surface area (TPSA) is 32.7 Å². The van der Waals surface area contributed by atoms with Crippen molar-refractivity contribution in [3.63, 3.8) is 0 Å². The highest BCUT2D eigenvalue weighted by Gasteiger charge is 2.22. The summed E-state index contributed by atoms with van der Waals surface area (Å²) in [7, 11) is 0. The molecule has 1 aromatic rings. The largest absolute Gasteiger partial charge is 0.395 e. The molecule has 0 amide bonds. The van der Waals surface area contributed by atoms with E-state index in [-0.39, 0.29) is 18.8 Å². The van der Waals surface area contributed by atoms with Gasteiger partial charge < -0.3 is 9.84 Å². The molecule has 0 radical (unpaired) electrons. The highest BCUT2D eigenvalue weighted by Crippen LogP contribution is 2.16. The Bertz CT molecular complexity index is 479. The Kier molecular flexibility index (Phi) is 5.60. The van der Waals surface area contributed by atoms with Crippen molar-refractivity contribution in [2.24, 2.45) is 0 Å². The minimum absolute atomic E-state index is 0.119. The van der Waals surface area contributed by atoms with Crippen LogP contribution in [0.3, 0.4) is 0 Å². The van der Waals surface area contributed by atoms with E-state index in [2.05, 4.69) is 42.7 Å². The number of morpholine rings is 1. The van der Waals surface area contributed by atoms with Crippen LogP contribution in [0.1, 0.15) is 31.4 Å².